The van der Waals surface area contributed by atoms with E-state index >= 15 is 0 Å². The Morgan fingerprint density at radius 1 is 1.11 bits per heavy atom. The lowest BCUT2D eigenvalue weighted by atomic mass is 9.72. The van der Waals surface area contributed by atoms with Crippen LogP contribution >= 0.6 is 0 Å². The van der Waals surface area contributed by atoms with Crippen LogP contribution in [0.1, 0.15) is 49.9 Å². The Bertz CT molecular complexity index is 382. The molecule has 0 spiro atoms. The van der Waals surface area contributed by atoms with Gasteiger partial charge < -0.3 is 4.90 Å². The van der Waals surface area contributed by atoms with Crippen molar-refractivity contribution in [3.8, 4) is 0 Å². The first-order valence-corrected chi connectivity index (χ1v) is 7.03. The predicted octanol–water partition coefficient (Wildman–Crippen LogP) is 3.91. The van der Waals surface area contributed by atoms with E-state index in [-0.39, 0.29) is 0 Å². The van der Waals surface area contributed by atoms with Crippen molar-refractivity contribution < 1.29 is 4.79 Å². The predicted molar refractivity (Wildman–Crippen MR) is 76.3 cm³/mol. The topological polar surface area (TPSA) is 20.3 Å². The van der Waals surface area contributed by atoms with E-state index in [2.05, 4.69) is 30.9 Å². The van der Waals surface area contributed by atoms with Crippen LogP contribution in [0.3, 0.4) is 0 Å². The third kappa shape index (κ3) is 2.58. The number of carbonyl (C=O) groups excluding carboxylic acids is 1. The van der Waals surface area contributed by atoms with Crippen LogP contribution in [-0.2, 0) is 0 Å². The summed E-state index contributed by atoms with van der Waals surface area (Å²) in [6.07, 6.45) is 6.13. The van der Waals surface area contributed by atoms with Crippen molar-refractivity contribution in [2.24, 2.45) is 5.41 Å². The lowest BCUT2D eigenvalue weighted by Crippen LogP contribution is -2.56. The fraction of sp³-hybridized carbons (Fsp3) is 0.562. The minimum absolute atomic E-state index is 0.548. The van der Waals surface area contributed by atoms with Gasteiger partial charge in [0.2, 0.25) is 0 Å². The molecule has 1 fully saturated rings. The molecule has 0 unspecified atom stereocenters. The maximum atomic E-state index is 10.6. The molecule has 2 heteroatoms. The molecule has 18 heavy (non-hydrogen) atoms. The summed E-state index contributed by atoms with van der Waals surface area (Å²) < 4.78 is 0. The minimum atomic E-state index is 0.548. The van der Waals surface area contributed by atoms with Crippen LogP contribution in [0, 0.1) is 5.41 Å². The molecule has 0 N–H and O–H groups in total. The van der Waals surface area contributed by atoms with Gasteiger partial charge in [0, 0.05) is 29.8 Å². The first-order chi connectivity index (χ1) is 8.73. The maximum Gasteiger partial charge on any atom is 0.150 e. The van der Waals surface area contributed by atoms with Gasteiger partial charge in [-0.2, -0.15) is 0 Å². The Morgan fingerprint density at radius 3 is 2.11 bits per heavy atom. The van der Waals surface area contributed by atoms with Gasteiger partial charge in [0.05, 0.1) is 0 Å². The van der Waals surface area contributed by atoms with E-state index in [1.807, 2.05) is 12.1 Å². The van der Waals surface area contributed by atoms with E-state index in [1.54, 1.807) is 0 Å². The van der Waals surface area contributed by atoms with Gasteiger partial charge in [-0.1, -0.05) is 26.7 Å². The zero-order valence-corrected chi connectivity index (χ0v) is 11.5. The first kappa shape index (κ1) is 13.1. The average Bonchev–Trinajstić information content (AvgIpc) is 2.36. The van der Waals surface area contributed by atoms with Gasteiger partial charge in [-0.05, 0) is 37.1 Å². The smallest absolute Gasteiger partial charge is 0.150 e. The van der Waals surface area contributed by atoms with Crippen molar-refractivity contribution in [2.45, 2.75) is 39.5 Å². The van der Waals surface area contributed by atoms with Crippen LogP contribution < -0.4 is 4.90 Å². The Balaban J connectivity index is 1.99. The van der Waals surface area contributed by atoms with E-state index in [4.69, 9.17) is 0 Å². The summed E-state index contributed by atoms with van der Waals surface area (Å²) in [6.45, 7) is 6.90. The molecule has 0 radical (unpaired) electrons. The fourth-order valence-electron chi connectivity index (χ4n) is 3.21. The Morgan fingerprint density at radius 2 is 1.67 bits per heavy atom. The molecule has 0 aliphatic carbocycles. The SMILES string of the molecule is CCCC1(CCC)CN(c2ccc(C=O)cc2)C1. The quantitative estimate of drug-likeness (QED) is 0.708. The third-order valence-corrected chi connectivity index (χ3v) is 4.01. The summed E-state index contributed by atoms with van der Waals surface area (Å²) in [4.78, 5) is 13.1. The Kier molecular flexibility index (Phi) is 4.05. The number of hydrogen-bond acceptors (Lipinski definition) is 2. The highest BCUT2D eigenvalue weighted by Crippen LogP contribution is 2.41. The Labute approximate surface area is 110 Å². The molecule has 1 saturated heterocycles. The second-order valence-corrected chi connectivity index (χ2v) is 5.57. The van der Waals surface area contributed by atoms with Crippen molar-refractivity contribution >= 4 is 12.0 Å². The zero-order valence-electron chi connectivity index (χ0n) is 11.5. The molecule has 2 nitrogen and oxygen atoms in total. The molecule has 98 valence electrons. The van der Waals surface area contributed by atoms with E-state index in [0.29, 0.717) is 5.41 Å². The average molecular weight is 245 g/mol. The van der Waals surface area contributed by atoms with Crippen molar-refractivity contribution in [1.29, 1.82) is 0 Å². The van der Waals surface area contributed by atoms with Crippen molar-refractivity contribution in [3.63, 3.8) is 0 Å². The lowest BCUT2D eigenvalue weighted by Gasteiger charge is -2.52. The van der Waals surface area contributed by atoms with Crippen LogP contribution in [0.2, 0.25) is 0 Å². The minimum Gasteiger partial charge on any atom is -0.370 e. The molecule has 2 rings (SSSR count). The molecular formula is C16H23NO. The summed E-state index contributed by atoms with van der Waals surface area (Å²) in [5.41, 5.74) is 2.56. The summed E-state index contributed by atoms with van der Waals surface area (Å²) in [7, 11) is 0. The highest BCUT2D eigenvalue weighted by molar-refractivity contribution is 5.75. The van der Waals surface area contributed by atoms with Crippen molar-refractivity contribution in [3.05, 3.63) is 29.8 Å². The summed E-state index contributed by atoms with van der Waals surface area (Å²) >= 11 is 0. The zero-order chi connectivity index (χ0) is 13.0. The normalized spacial score (nSPS) is 17.3. The fourth-order valence-corrected chi connectivity index (χ4v) is 3.21. The van der Waals surface area contributed by atoms with Crippen LogP contribution in [-0.4, -0.2) is 19.4 Å². The number of carbonyl (C=O) groups is 1. The van der Waals surface area contributed by atoms with E-state index in [0.717, 1.165) is 11.8 Å². The maximum absolute atomic E-state index is 10.6. The molecule has 0 amide bonds. The lowest BCUT2D eigenvalue weighted by molar-refractivity contribution is 0.112. The van der Waals surface area contributed by atoms with Crippen molar-refractivity contribution in [2.75, 3.05) is 18.0 Å². The molecule has 1 aliphatic rings. The molecule has 0 aromatic heterocycles. The molecule has 1 aromatic carbocycles. The van der Waals surface area contributed by atoms with Gasteiger partial charge in [0.25, 0.3) is 0 Å². The number of anilines is 1. The second kappa shape index (κ2) is 5.55. The summed E-state index contributed by atoms with van der Waals surface area (Å²) in [6, 6.07) is 7.93. The van der Waals surface area contributed by atoms with Gasteiger partial charge in [0.1, 0.15) is 6.29 Å². The standard InChI is InChI=1S/C16H23NO/c1-3-9-16(10-4-2)12-17(13-16)15-7-5-14(11-18)6-8-15/h5-8,11H,3-4,9-10,12-13H2,1-2H3. The number of benzene rings is 1. The molecule has 1 aromatic rings. The van der Waals surface area contributed by atoms with Gasteiger partial charge in [-0.3, -0.25) is 4.79 Å². The Hall–Kier alpha value is -1.31. The molecule has 0 atom stereocenters. The van der Waals surface area contributed by atoms with E-state index in [9.17, 15) is 4.79 Å². The van der Waals surface area contributed by atoms with Crippen LogP contribution in [0.4, 0.5) is 5.69 Å². The number of hydrogen-bond donors (Lipinski definition) is 0. The number of nitrogens with zero attached hydrogens (tertiary/aromatic N) is 1. The summed E-state index contributed by atoms with van der Waals surface area (Å²) in [5, 5.41) is 0. The molecule has 0 saturated carbocycles. The largest absolute Gasteiger partial charge is 0.370 e. The van der Waals surface area contributed by atoms with Gasteiger partial charge >= 0.3 is 0 Å². The van der Waals surface area contributed by atoms with Gasteiger partial charge in [0.15, 0.2) is 0 Å². The second-order valence-electron chi connectivity index (χ2n) is 5.57. The number of rotatable bonds is 6. The first-order valence-electron chi connectivity index (χ1n) is 7.03. The highest BCUT2D eigenvalue weighted by Gasteiger charge is 2.41. The third-order valence-electron chi connectivity index (χ3n) is 4.01. The molecule has 1 heterocycles. The monoisotopic (exact) mass is 245 g/mol. The van der Waals surface area contributed by atoms with E-state index < -0.39 is 0 Å². The van der Waals surface area contributed by atoms with Gasteiger partial charge in [-0.25, -0.2) is 0 Å². The molecular weight excluding hydrogens is 222 g/mol. The highest BCUT2D eigenvalue weighted by atomic mass is 16.1. The molecule has 0 bridgehead atoms. The van der Waals surface area contributed by atoms with Crippen LogP contribution in [0.25, 0.3) is 0 Å². The van der Waals surface area contributed by atoms with Crippen LogP contribution in [0.15, 0.2) is 24.3 Å². The van der Waals surface area contributed by atoms with Crippen molar-refractivity contribution in [1.82, 2.24) is 0 Å². The van der Waals surface area contributed by atoms with Gasteiger partial charge in [-0.15, -0.1) is 0 Å². The van der Waals surface area contributed by atoms with E-state index in [1.165, 1.54) is 44.5 Å². The number of aldehydes is 1. The summed E-state index contributed by atoms with van der Waals surface area (Å²) in [5.74, 6) is 0. The molecule has 1 aliphatic heterocycles. The van der Waals surface area contributed by atoms with Crippen LogP contribution in [0.5, 0.6) is 0 Å².